The molecule has 2 atom stereocenters. The second-order valence-electron chi connectivity index (χ2n) is 7.46. The molecule has 3 aromatic rings. The number of nitrogens with one attached hydrogen (secondary N) is 2. The SMILES string of the molecule is CC[C@H](C)[C@H](NC(=O)c1ccccc1)C(=O)NCc1cc(-c2ccc(C)cc2)no1. The van der Waals surface area contributed by atoms with Gasteiger partial charge in [0.1, 0.15) is 11.7 Å². The van der Waals surface area contributed by atoms with E-state index in [2.05, 4.69) is 15.8 Å². The van der Waals surface area contributed by atoms with Crippen molar-refractivity contribution in [2.45, 2.75) is 39.8 Å². The Bertz CT molecular complexity index is 980. The van der Waals surface area contributed by atoms with E-state index < -0.39 is 6.04 Å². The maximum absolute atomic E-state index is 12.8. The van der Waals surface area contributed by atoms with Crippen molar-refractivity contribution in [3.05, 3.63) is 77.6 Å². The molecule has 0 fully saturated rings. The molecule has 1 aromatic heterocycles. The van der Waals surface area contributed by atoms with Crippen LogP contribution in [0.15, 0.2) is 65.2 Å². The Kier molecular flexibility index (Phi) is 7.01. The van der Waals surface area contributed by atoms with Crippen molar-refractivity contribution in [1.29, 1.82) is 0 Å². The molecule has 0 aliphatic heterocycles. The number of amides is 2. The van der Waals surface area contributed by atoms with Gasteiger partial charge in [0.05, 0.1) is 6.54 Å². The lowest BCUT2D eigenvalue weighted by molar-refractivity contribution is -0.124. The molecular formula is C24H27N3O3. The molecule has 156 valence electrons. The third-order valence-electron chi connectivity index (χ3n) is 5.16. The lowest BCUT2D eigenvalue weighted by Crippen LogP contribution is -2.50. The van der Waals surface area contributed by atoms with Crippen LogP contribution in [0.25, 0.3) is 11.3 Å². The summed E-state index contributed by atoms with van der Waals surface area (Å²) in [6.45, 7) is 6.16. The van der Waals surface area contributed by atoms with Gasteiger partial charge in [0.15, 0.2) is 5.76 Å². The zero-order valence-corrected chi connectivity index (χ0v) is 17.5. The number of rotatable bonds is 8. The molecule has 0 aliphatic rings. The fourth-order valence-corrected chi connectivity index (χ4v) is 3.06. The minimum atomic E-state index is -0.637. The van der Waals surface area contributed by atoms with Gasteiger partial charge in [0.25, 0.3) is 5.91 Å². The quantitative estimate of drug-likeness (QED) is 0.591. The van der Waals surface area contributed by atoms with Crippen molar-refractivity contribution in [1.82, 2.24) is 15.8 Å². The molecule has 6 nitrogen and oxygen atoms in total. The molecule has 0 bridgehead atoms. The summed E-state index contributed by atoms with van der Waals surface area (Å²) in [5, 5.41) is 9.80. The Balaban J connectivity index is 1.63. The number of hydrogen-bond acceptors (Lipinski definition) is 4. The maximum Gasteiger partial charge on any atom is 0.251 e. The predicted octanol–water partition coefficient (Wildman–Crippen LogP) is 4.11. The van der Waals surface area contributed by atoms with E-state index in [0.29, 0.717) is 11.3 Å². The maximum atomic E-state index is 12.8. The molecule has 0 unspecified atom stereocenters. The number of aryl methyl sites for hydroxylation is 1. The van der Waals surface area contributed by atoms with Gasteiger partial charge in [-0.1, -0.05) is 73.5 Å². The van der Waals surface area contributed by atoms with Crippen molar-refractivity contribution < 1.29 is 14.1 Å². The monoisotopic (exact) mass is 405 g/mol. The van der Waals surface area contributed by atoms with E-state index in [0.717, 1.165) is 17.7 Å². The van der Waals surface area contributed by atoms with Gasteiger partial charge in [0.2, 0.25) is 5.91 Å². The van der Waals surface area contributed by atoms with E-state index in [1.165, 1.54) is 5.56 Å². The van der Waals surface area contributed by atoms with E-state index in [-0.39, 0.29) is 24.3 Å². The Morgan fingerprint density at radius 3 is 2.43 bits per heavy atom. The number of carbonyl (C=O) groups excluding carboxylic acids is 2. The third-order valence-corrected chi connectivity index (χ3v) is 5.16. The first-order valence-electron chi connectivity index (χ1n) is 10.1. The molecule has 0 saturated carbocycles. The number of benzene rings is 2. The summed E-state index contributed by atoms with van der Waals surface area (Å²) in [7, 11) is 0. The van der Waals surface area contributed by atoms with E-state index in [9.17, 15) is 9.59 Å². The number of aromatic nitrogens is 1. The van der Waals surface area contributed by atoms with Gasteiger partial charge in [-0.25, -0.2) is 0 Å². The minimum Gasteiger partial charge on any atom is -0.359 e. The van der Waals surface area contributed by atoms with Crippen LogP contribution in [0.3, 0.4) is 0 Å². The topological polar surface area (TPSA) is 84.2 Å². The van der Waals surface area contributed by atoms with Crippen LogP contribution in [0, 0.1) is 12.8 Å². The molecule has 2 amide bonds. The van der Waals surface area contributed by atoms with Crippen molar-refractivity contribution in [2.75, 3.05) is 0 Å². The van der Waals surface area contributed by atoms with Gasteiger partial charge in [-0.3, -0.25) is 9.59 Å². The van der Waals surface area contributed by atoms with E-state index in [4.69, 9.17) is 4.52 Å². The third kappa shape index (κ3) is 5.35. The first-order valence-corrected chi connectivity index (χ1v) is 10.1. The molecule has 30 heavy (non-hydrogen) atoms. The van der Waals surface area contributed by atoms with Crippen LogP contribution in [0.4, 0.5) is 0 Å². The molecule has 6 heteroatoms. The van der Waals surface area contributed by atoms with Crippen LogP contribution < -0.4 is 10.6 Å². The van der Waals surface area contributed by atoms with Crippen molar-refractivity contribution in [3.8, 4) is 11.3 Å². The molecular weight excluding hydrogens is 378 g/mol. The van der Waals surface area contributed by atoms with Gasteiger partial charge >= 0.3 is 0 Å². The van der Waals surface area contributed by atoms with Gasteiger partial charge in [-0.05, 0) is 25.0 Å². The zero-order valence-electron chi connectivity index (χ0n) is 17.5. The summed E-state index contributed by atoms with van der Waals surface area (Å²) in [4.78, 5) is 25.3. The highest BCUT2D eigenvalue weighted by molar-refractivity contribution is 5.97. The normalized spacial score (nSPS) is 12.8. The Hall–Kier alpha value is -3.41. The highest BCUT2D eigenvalue weighted by Crippen LogP contribution is 2.19. The number of carbonyl (C=O) groups is 2. The van der Waals surface area contributed by atoms with Gasteiger partial charge in [0, 0.05) is 17.2 Å². The van der Waals surface area contributed by atoms with Crippen LogP contribution in [0.1, 0.15) is 41.9 Å². The Morgan fingerprint density at radius 1 is 1.07 bits per heavy atom. The largest absolute Gasteiger partial charge is 0.359 e. The summed E-state index contributed by atoms with van der Waals surface area (Å²) >= 11 is 0. The van der Waals surface area contributed by atoms with Gasteiger partial charge in [-0.2, -0.15) is 0 Å². The zero-order chi connectivity index (χ0) is 21.5. The standard InChI is InChI=1S/C24H27N3O3/c1-4-17(3)22(26-23(28)19-8-6-5-7-9-19)24(29)25-15-20-14-21(27-30-20)18-12-10-16(2)11-13-18/h5-14,17,22H,4,15H2,1-3H3,(H,25,29)(H,26,28)/t17-,22-/m0/s1. The summed E-state index contributed by atoms with van der Waals surface area (Å²) in [5.41, 5.74) is 3.37. The average molecular weight is 405 g/mol. The van der Waals surface area contributed by atoms with Crippen LogP contribution >= 0.6 is 0 Å². The van der Waals surface area contributed by atoms with Gasteiger partial charge < -0.3 is 15.2 Å². The fraction of sp³-hybridized carbons (Fsp3) is 0.292. The first kappa shape index (κ1) is 21.3. The van der Waals surface area contributed by atoms with Crippen LogP contribution in [0.2, 0.25) is 0 Å². The molecule has 0 spiro atoms. The summed E-state index contributed by atoms with van der Waals surface area (Å²) < 4.78 is 5.36. The van der Waals surface area contributed by atoms with Crippen LogP contribution in [0.5, 0.6) is 0 Å². The Labute approximate surface area is 176 Å². The van der Waals surface area contributed by atoms with E-state index >= 15 is 0 Å². The molecule has 2 N–H and O–H groups in total. The molecule has 0 saturated heterocycles. The number of nitrogens with zero attached hydrogens (tertiary/aromatic N) is 1. The van der Waals surface area contributed by atoms with E-state index in [1.807, 2.05) is 57.2 Å². The lowest BCUT2D eigenvalue weighted by Gasteiger charge is -2.23. The molecule has 2 aromatic carbocycles. The van der Waals surface area contributed by atoms with Crippen LogP contribution in [-0.4, -0.2) is 23.0 Å². The van der Waals surface area contributed by atoms with Crippen molar-refractivity contribution >= 4 is 11.8 Å². The average Bonchev–Trinajstić information content (AvgIpc) is 3.25. The first-order chi connectivity index (χ1) is 14.5. The highest BCUT2D eigenvalue weighted by atomic mass is 16.5. The second kappa shape index (κ2) is 9.87. The predicted molar refractivity (Wildman–Crippen MR) is 116 cm³/mol. The smallest absolute Gasteiger partial charge is 0.251 e. The minimum absolute atomic E-state index is 0.0180. The summed E-state index contributed by atoms with van der Waals surface area (Å²) in [6.07, 6.45) is 0.757. The summed E-state index contributed by atoms with van der Waals surface area (Å²) in [5.74, 6) is 0.0195. The fourth-order valence-electron chi connectivity index (χ4n) is 3.06. The van der Waals surface area contributed by atoms with Gasteiger partial charge in [-0.15, -0.1) is 0 Å². The molecule has 0 aliphatic carbocycles. The second-order valence-corrected chi connectivity index (χ2v) is 7.46. The van der Waals surface area contributed by atoms with Crippen molar-refractivity contribution in [3.63, 3.8) is 0 Å². The van der Waals surface area contributed by atoms with Crippen molar-refractivity contribution in [2.24, 2.45) is 5.92 Å². The van der Waals surface area contributed by atoms with E-state index in [1.54, 1.807) is 24.3 Å². The summed E-state index contributed by atoms with van der Waals surface area (Å²) in [6, 6.07) is 18.0. The molecule has 0 radical (unpaired) electrons. The Morgan fingerprint density at radius 2 is 1.77 bits per heavy atom. The molecule has 1 heterocycles. The molecule has 3 rings (SSSR count). The number of hydrogen-bond donors (Lipinski definition) is 2. The van der Waals surface area contributed by atoms with Crippen LogP contribution in [-0.2, 0) is 11.3 Å². The lowest BCUT2D eigenvalue weighted by atomic mass is 9.97. The highest BCUT2D eigenvalue weighted by Gasteiger charge is 2.26.